The molecule has 2 heterocycles. The number of anilines is 2. The van der Waals surface area contributed by atoms with E-state index in [1.807, 2.05) is 25.7 Å². The van der Waals surface area contributed by atoms with Gasteiger partial charge in [0.1, 0.15) is 11.6 Å². The molecule has 1 saturated heterocycles. The second kappa shape index (κ2) is 9.72. The Hall–Kier alpha value is -2.23. The van der Waals surface area contributed by atoms with Crippen LogP contribution in [-0.2, 0) is 9.47 Å². The number of hydrogen-bond acceptors (Lipinski definition) is 7. The topological polar surface area (TPSA) is 104 Å². The smallest absolute Gasteiger partial charge is 0.407 e. The molecule has 0 saturated carbocycles. The second-order valence-electron chi connectivity index (χ2n) is 7.83. The molecule has 3 N–H and O–H groups in total. The number of carbonyl (C=O) groups is 1. The van der Waals surface area contributed by atoms with Crippen molar-refractivity contribution in [1.29, 1.82) is 0 Å². The fourth-order valence-corrected chi connectivity index (χ4v) is 3.13. The van der Waals surface area contributed by atoms with Gasteiger partial charge in [-0.05, 0) is 39.0 Å². The van der Waals surface area contributed by atoms with Crippen LogP contribution in [0.4, 0.5) is 16.4 Å². The van der Waals surface area contributed by atoms with Gasteiger partial charge in [-0.3, -0.25) is 5.10 Å². The van der Waals surface area contributed by atoms with Gasteiger partial charge in [-0.2, -0.15) is 4.98 Å². The Morgan fingerprint density at radius 2 is 2.03 bits per heavy atom. The Morgan fingerprint density at radius 3 is 2.70 bits per heavy atom. The van der Waals surface area contributed by atoms with E-state index in [1.165, 1.54) is 0 Å². The summed E-state index contributed by atoms with van der Waals surface area (Å²) in [5.41, 5.74) is 0.136. The molecule has 1 unspecified atom stereocenters. The number of alkyl carbamates (subject to hydrolysis) is 1. The fourth-order valence-electron chi connectivity index (χ4n) is 2.83. The summed E-state index contributed by atoms with van der Waals surface area (Å²) >= 11 is 12.1. The van der Waals surface area contributed by atoms with Gasteiger partial charge in [-0.15, -0.1) is 5.10 Å². The first-order valence-electron chi connectivity index (χ1n) is 9.65. The van der Waals surface area contributed by atoms with Crippen molar-refractivity contribution in [3.63, 3.8) is 0 Å². The molecule has 1 aliphatic heterocycles. The van der Waals surface area contributed by atoms with Gasteiger partial charge in [0.05, 0.1) is 23.3 Å². The molecule has 1 amide bonds. The van der Waals surface area contributed by atoms with Crippen LogP contribution in [-0.4, -0.2) is 59.7 Å². The van der Waals surface area contributed by atoms with Gasteiger partial charge >= 0.3 is 6.09 Å². The van der Waals surface area contributed by atoms with Crippen LogP contribution in [0, 0.1) is 0 Å². The van der Waals surface area contributed by atoms with Crippen LogP contribution in [0.5, 0.6) is 0 Å². The zero-order valence-corrected chi connectivity index (χ0v) is 18.7. The summed E-state index contributed by atoms with van der Waals surface area (Å²) in [6.45, 7) is 8.35. The maximum Gasteiger partial charge on any atom is 0.407 e. The fraction of sp³-hybridized carbons (Fsp3) is 0.526. The van der Waals surface area contributed by atoms with E-state index in [4.69, 9.17) is 32.7 Å². The first-order chi connectivity index (χ1) is 14.2. The average Bonchev–Trinajstić information content (AvgIpc) is 3.17. The molecule has 0 aliphatic carbocycles. The molecule has 0 spiro atoms. The number of nitrogens with one attached hydrogen (secondary N) is 3. The summed E-state index contributed by atoms with van der Waals surface area (Å²) in [7, 11) is 0. The number of nitrogens with zero attached hydrogens (tertiary/aromatic N) is 3. The second-order valence-corrected chi connectivity index (χ2v) is 8.64. The predicted octanol–water partition coefficient (Wildman–Crippen LogP) is 3.63. The largest absolute Gasteiger partial charge is 0.444 e. The number of aromatic nitrogens is 3. The minimum Gasteiger partial charge on any atom is -0.444 e. The molecular formula is C19H26Cl2N6O3. The summed E-state index contributed by atoms with van der Waals surface area (Å²) in [5, 5.41) is 14.2. The predicted molar refractivity (Wildman–Crippen MR) is 116 cm³/mol. The van der Waals surface area contributed by atoms with Gasteiger partial charge in [0.25, 0.3) is 0 Å². The zero-order chi connectivity index (χ0) is 21.7. The number of rotatable bonds is 6. The SMILES string of the molecule is CC(C)(C)OC(=O)NCC(Nc1ccc(Cl)c(Cl)c1)c1nc(N2CCOCC2)n[nH]1. The van der Waals surface area contributed by atoms with Crippen molar-refractivity contribution < 1.29 is 14.3 Å². The van der Waals surface area contributed by atoms with E-state index in [9.17, 15) is 4.79 Å². The lowest BCUT2D eigenvalue weighted by Crippen LogP contribution is -2.37. The molecule has 1 fully saturated rings. The minimum atomic E-state index is -0.591. The highest BCUT2D eigenvalue weighted by atomic mass is 35.5. The number of aromatic amines is 1. The maximum absolute atomic E-state index is 12.1. The molecule has 1 aromatic carbocycles. The summed E-state index contributed by atoms with van der Waals surface area (Å²) in [5.74, 6) is 1.16. The van der Waals surface area contributed by atoms with E-state index >= 15 is 0 Å². The van der Waals surface area contributed by atoms with Crippen LogP contribution in [0.15, 0.2) is 18.2 Å². The van der Waals surface area contributed by atoms with E-state index in [1.54, 1.807) is 18.2 Å². The number of ether oxygens (including phenoxy) is 2. The van der Waals surface area contributed by atoms with Crippen molar-refractivity contribution in [2.45, 2.75) is 32.4 Å². The summed E-state index contributed by atoms with van der Waals surface area (Å²) in [6.07, 6.45) is -0.517. The van der Waals surface area contributed by atoms with E-state index in [0.29, 0.717) is 35.0 Å². The third kappa shape index (κ3) is 6.38. The number of benzene rings is 1. The quantitative estimate of drug-likeness (QED) is 0.609. The van der Waals surface area contributed by atoms with Gasteiger partial charge in [-0.25, -0.2) is 4.79 Å². The lowest BCUT2D eigenvalue weighted by atomic mass is 10.2. The van der Waals surface area contributed by atoms with Crippen LogP contribution in [0.2, 0.25) is 10.0 Å². The Bertz CT molecular complexity index is 864. The number of amides is 1. The highest BCUT2D eigenvalue weighted by Gasteiger charge is 2.23. The van der Waals surface area contributed by atoms with E-state index < -0.39 is 17.7 Å². The van der Waals surface area contributed by atoms with Crippen molar-refractivity contribution in [2.75, 3.05) is 43.1 Å². The first kappa shape index (κ1) is 22.5. The molecule has 164 valence electrons. The number of carbonyl (C=O) groups excluding carboxylic acids is 1. The zero-order valence-electron chi connectivity index (χ0n) is 17.2. The van der Waals surface area contributed by atoms with Gasteiger partial charge in [0, 0.05) is 25.3 Å². The lowest BCUT2D eigenvalue weighted by Gasteiger charge is -2.25. The highest BCUT2D eigenvalue weighted by molar-refractivity contribution is 6.42. The third-order valence-corrected chi connectivity index (χ3v) is 4.96. The van der Waals surface area contributed by atoms with Gasteiger partial charge < -0.3 is 25.0 Å². The van der Waals surface area contributed by atoms with Crippen LogP contribution < -0.4 is 15.5 Å². The monoisotopic (exact) mass is 456 g/mol. The Morgan fingerprint density at radius 1 is 1.30 bits per heavy atom. The number of morpholine rings is 1. The average molecular weight is 457 g/mol. The van der Waals surface area contributed by atoms with Crippen molar-refractivity contribution in [2.24, 2.45) is 0 Å². The van der Waals surface area contributed by atoms with Crippen molar-refractivity contribution in [3.05, 3.63) is 34.1 Å². The Balaban J connectivity index is 1.75. The van der Waals surface area contributed by atoms with Crippen LogP contribution >= 0.6 is 23.2 Å². The number of hydrogen-bond donors (Lipinski definition) is 3. The van der Waals surface area contributed by atoms with Crippen molar-refractivity contribution >= 4 is 40.9 Å². The van der Waals surface area contributed by atoms with Crippen LogP contribution in [0.3, 0.4) is 0 Å². The summed E-state index contributed by atoms with van der Waals surface area (Å²) in [4.78, 5) is 18.8. The summed E-state index contributed by atoms with van der Waals surface area (Å²) in [6, 6.07) is 4.80. The summed E-state index contributed by atoms with van der Waals surface area (Å²) < 4.78 is 10.7. The standard InChI is InChI=1S/C19H26Cl2N6O3/c1-19(2,3)30-18(28)22-11-15(23-12-4-5-13(20)14(21)10-12)16-24-17(26-25-16)27-6-8-29-9-7-27/h4-5,10,15,23H,6-9,11H2,1-3H3,(H,22,28)(H,24,25,26). The van der Waals surface area contributed by atoms with E-state index in [2.05, 4.69) is 25.8 Å². The maximum atomic E-state index is 12.1. The van der Waals surface area contributed by atoms with Crippen molar-refractivity contribution in [1.82, 2.24) is 20.5 Å². The lowest BCUT2D eigenvalue weighted by molar-refractivity contribution is 0.0525. The third-order valence-electron chi connectivity index (χ3n) is 4.22. The highest BCUT2D eigenvalue weighted by Crippen LogP contribution is 2.27. The van der Waals surface area contributed by atoms with Crippen LogP contribution in [0.25, 0.3) is 0 Å². The normalized spacial score (nSPS) is 15.6. The minimum absolute atomic E-state index is 0.215. The Labute approximate surface area is 185 Å². The first-order valence-corrected chi connectivity index (χ1v) is 10.4. The molecule has 1 aromatic heterocycles. The van der Waals surface area contributed by atoms with Gasteiger partial charge in [-0.1, -0.05) is 23.2 Å². The molecular weight excluding hydrogens is 431 g/mol. The molecule has 0 radical (unpaired) electrons. The molecule has 1 atom stereocenters. The molecule has 0 bridgehead atoms. The number of halogens is 2. The molecule has 3 rings (SSSR count). The molecule has 9 nitrogen and oxygen atoms in total. The van der Waals surface area contributed by atoms with Gasteiger partial charge in [0.15, 0.2) is 5.82 Å². The van der Waals surface area contributed by atoms with Gasteiger partial charge in [0.2, 0.25) is 5.95 Å². The Kier molecular flexibility index (Phi) is 7.27. The van der Waals surface area contributed by atoms with E-state index in [-0.39, 0.29) is 6.54 Å². The van der Waals surface area contributed by atoms with E-state index in [0.717, 1.165) is 18.8 Å². The number of H-pyrrole nitrogens is 1. The molecule has 2 aromatic rings. The molecule has 11 heteroatoms. The molecule has 1 aliphatic rings. The molecule has 30 heavy (non-hydrogen) atoms. The van der Waals surface area contributed by atoms with Crippen LogP contribution in [0.1, 0.15) is 32.6 Å². The van der Waals surface area contributed by atoms with Crippen molar-refractivity contribution in [3.8, 4) is 0 Å².